The van der Waals surface area contributed by atoms with Gasteiger partial charge in [0.15, 0.2) is 0 Å². The Kier molecular flexibility index (Phi) is 4.63. The molecule has 0 spiro atoms. The maximum Gasteiger partial charge on any atom is 0.253 e. The van der Waals surface area contributed by atoms with Crippen molar-refractivity contribution in [1.82, 2.24) is 14.8 Å². The minimum Gasteiger partial charge on any atom is -0.378 e. The van der Waals surface area contributed by atoms with Crippen LogP contribution in [0.2, 0.25) is 0 Å². The second-order valence-electron chi connectivity index (χ2n) is 8.60. The van der Waals surface area contributed by atoms with E-state index < -0.39 is 0 Å². The van der Waals surface area contributed by atoms with Gasteiger partial charge in [0.1, 0.15) is 5.82 Å². The number of rotatable bonds is 2. The van der Waals surface area contributed by atoms with Gasteiger partial charge in [-0.1, -0.05) is 6.42 Å². The first-order chi connectivity index (χ1) is 13.6. The third-order valence-electron chi connectivity index (χ3n) is 6.88. The van der Waals surface area contributed by atoms with Crippen LogP contribution in [-0.2, 0) is 17.7 Å². The lowest BCUT2D eigenvalue weighted by atomic mass is 9.90. The molecule has 2 fully saturated rings. The summed E-state index contributed by atoms with van der Waals surface area (Å²) in [6, 6.07) is 5.72. The van der Waals surface area contributed by atoms with Crippen molar-refractivity contribution in [2.24, 2.45) is 0 Å². The number of ether oxygens (including phenoxy) is 1. The molecule has 150 valence electrons. The Morgan fingerprint density at radius 2 is 1.96 bits per heavy atom. The maximum atomic E-state index is 14.0. The van der Waals surface area contributed by atoms with E-state index >= 15 is 0 Å². The van der Waals surface area contributed by atoms with Crippen molar-refractivity contribution in [3.63, 3.8) is 0 Å². The molecular weight excluding hydrogens is 357 g/mol. The van der Waals surface area contributed by atoms with Gasteiger partial charge >= 0.3 is 0 Å². The molecule has 0 saturated carbocycles. The number of carbonyl (C=O) groups is 1. The van der Waals surface area contributed by atoms with Gasteiger partial charge < -0.3 is 14.6 Å². The minimum absolute atomic E-state index is 0.0419. The molecule has 0 radical (unpaired) electrons. The van der Waals surface area contributed by atoms with Crippen LogP contribution in [0.4, 0.5) is 4.39 Å². The third kappa shape index (κ3) is 3.03. The van der Waals surface area contributed by atoms with Crippen LogP contribution < -0.4 is 5.32 Å². The average molecular weight is 385 g/mol. The summed E-state index contributed by atoms with van der Waals surface area (Å²) in [7, 11) is 2.15. The molecule has 1 aromatic carbocycles. The van der Waals surface area contributed by atoms with E-state index in [9.17, 15) is 9.18 Å². The summed E-state index contributed by atoms with van der Waals surface area (Å²) in [6.07, 6.45) is 6.04. The predicted octanol–water partition coefficient (Wildman–Crippen LogP) is 3.10. The van der Waals surface area contributed by atoms with E-state index in [0.717, 1.165) is 68.5 Å². The quantitative estimate of drug-likeness (QED) is 0.864. The van der Waals surface area contributed by atoms with Crippen LogP contribution in [0.5, 0.6) is 0 Å². The predicted molar refractivity (Wildman–Crippen MR) is 106 cm³/mol. The summed E-state index contributed by atoms with van der Waals surface area (Å²) in [5, 5.41) is 4.05. The van der Waals surface area contributed by atoms with Gasteiger partial charge in [-0.3, -0.25) is 9.69 Å². The molecule has 2 atom stereocenters. The van der Waals surface area contributed by atoms with E-state index in [0.29, 0.717) is 17.6 Å². The monoisotopic (exact) mass is 385 g/mol. The highest BCUT2D eigenvalue weighted by Crippen LogP contribution is 2.32. The van der Waals surface area contributed by atoms with Crippen molar-refractivity contribution in [1.29, 1.82) is 0 Å². The average Bonchev–Trinajstić information content (AvgIpc) is 2.78. The molecule has 6 heteroatoms. The van der Waals surface area contributed by atoms with Gasteiger partial charge in [0.2, 0.25) is 0 Å². The van der Waals surface area contributed by atoms with Crippen LogP contribution in [0.15, 0.2) is 18.2 Å². The Hall–Kier alpha value is -1.92. The fraction of sp³-hybridized carbons (Fsp3) is 0.591. The molecule has 2 bridgehead atoms. The number of hydrogen-bond acceptors (Lipinski definition) is 3. The smallest absolute Gasteiger partial charge is 0.253 e. The maximum absolute atomic E-state index is 14.0. The summed E-state index contributed by atoms with van der Waals surface area (Å²) in [4.78, 5) is 15.8. The zero-order valence-corrected chi connectivity index (χ0v) is 16.4. The Bertz CT molecular complexity index is 895. The molecule has 1 amide bonds. The van der Waals surface area contributed by atoms with Crippen molar-refractivity contribution in [3.8, 4) is 0 Å². The van der Waals surface area contributed by atoms with Crippen LogP contribution >= 0.6 is 0 Å². The number of carbonyl (C=O) groups excluding carboxylic acids is 1. The van der Waals surface area contributed by atoms with Gasteiger partial charge in [-0.15, -0.1) is 0 Å². The van der Waals surface area contributed by atoms with E-state index in [1.165, 1.54) is 18.6 Å². The molecule has 28 heavy (non-hydrogen) atoms. The summed E-state index contributed by atoms with van der Waals surface area (Å²) in [5.74, 6) is -0.326. The third-order valence-corrected chi connectivity index (χ3v) is 6.88. The van der Waals surface area contributed by atoms with Gasteiger partial charge in [0.05, 0.1) is 18.8 Å². The van der Waals surface area contributed by atoms with Crippen molar-refractivity contribution in [2.75, 3.05) is 20.3 Å². The fourth-order valence-corrected chi connectivity index (χ4v) is 5.36. The Morgan fingerprint density at radius 3 is 2.75 bits per heavy atom. The number of nitrogens with zero attached hydrogens (tertiary/aromatic N) is 2. The summed E-state index contributed by atoms with van der Waals surface area (Å²) < 4.78 is 22.0. The van der Waals surface area contributed by atoms with Crippen molar-refractivity contribution in [3.05, 3.63) is 35.3 Å². The number of piperidine rings is 1. The highest BCUT2D eigenvalue weighted by Gasteiger charge is 2.37. The number of benzene rings is 1. The van der Waals surface area contributed by atoms with Gasteiger partial charge in [-0.25, -0.2) is 4.39 Å². The Labute approximate surface area is 164 Å². The number of aromatic nitrogens is 1. The Morgan fingerprint density at radius 1 is 1.18 bits per heavy atom. The van der Waals surface area contributed by atoms with Crippen molar-refractivity contribution >= 4 is 16.8 Å². The number of morpholine rings is 1. The van der Waals surface area contributed by atoms with Crippen LogP contribution in [0, 0.1) is 5.82 Å². The van der Waals surface area contributed by atoms with E-state index in [4.69, 9.17) is 4.74 Å². The second kappa shape index (κ2) is 7.16. The number of fused-ring (bicyclic) bond motifs is 5. The standard InChI is InChI=1S/C22H28FN3O2/c1-25-16-10-15(11-17(25)13-28-12-16)24-22(27)21-18-9-14(23)6-7-19(18)26-8-4-2-3-5-20(21)26/h6-7,9,15-17H,2-5,8,10-13H2,1H3,(H,24,27). The van der Waals surface area contributed by atoms with Crippen LogP contribution in [0.25, 0.3) is 10.9 Å². The lowest BCUT2D eigenvalue weighted by molar-refractivity contribution is -0.0670. The molecular formula is C22H28FN3O2. The molecule has 1 aromatic heterocycles. The van der Waals surface area contributed by atoms with Gasteiger partial charge in [-0.05, 0) is 57.4 Å². The fourth-order valence-electron chi connectivity index (χ4n) is 5.36. The first-order valence-electron chi connectivity index (χ1n) is 10.5. The molecule has 2 saturated heterocycles. The van der Waals surface area contributed by atoms with E-state index in [2.05, 4.69) is 21.8 Å². The van der Waals surface area contributed by atoms with E-state index in [1.807, 2.05) is 6.07 Å². The molecule has 2 unspecified atom stereocenters. The number of amides is 1. The SMILES string of the molecule is CN1C2COCC1CC(NC(=O)c1c3n(c4ccc(F)cc14)CCCCC3)C2. The number of nitrogens with one attached hydrogen (secondary N) is 1. The highest BCUT2D eigenvalue weighted by atomic mass is 19.1. The lowest BCUT2D eigenvalue weighted by Gasteiger charge is -2.46. The van der Waals surface area contributed by atoms with E-state index in [-0.39, 0.29) is 17.8 Å². The number of hydrogen-bond donors (Lipinski definition) is 1. The number of halogens is 1. The molecule has 5 nitrogen and oxygen atoms in total. The molecule has 0 aliphatic carbocycles. The number of aryl methyl sites for hydroxylation is 1. The van der Waals surface area contributed by atoms with Crippen LogP contribution in [-0.4, -0.2) is 53.8 Å². The van der Waals surface area contributed by atoms with Gasteiger partial charge in [-0.2, -0.15) is 0 Å². The minimum atomic E-state index is -0.284. The molecule has 3 aliphatic heterocycles. The molecule has 4 heterocycles. The lowest BCUT2D eigenvalue weighted by Crippen LogP contribution is -2.59. The zero-order chi connectivity index (χ0) is 19.3. The molecule has 1 N–H and O–H groups in total. The first kappa shape index (κ1) is 18.1. The van der Waals surface area contributed by atoms with Crippen molar-refractivity contribution < 1.29 is 13.9 Å². The van der Waals surface area contributed by atoms with E-state index in [1.54, 1.807) is 0 Å². The summed E-state index contributed by atoms with van der Waals surface area (Å²) >= 11 is 0. The van der Waals surface area contributed by atoms with Crippen molar-refractivity contribution in [2.45, 2.75) is 63.2 Å². The summed E-state index contributed by atoms with van der Waals surface area (Å²) in [5.41, 5.74) is 2.75. The van der Waals surface area contributed by atoms with Crippen LogP contribution in [0.1, 0.15) is 48.2 Å². The normalized spacial score (nSPS) is 28.0. The molecule has 3 aliphatic rings. The first-order valence-corrected chi connectivity index (χ1v) is 10.5. The largest absolute Gasteiger partial charge is 0.378 e. The number of likely N-dealkylation sites (N-methyl/N-ethyl adjacent to an activating group) is 1. The Balaban J connectivity index is 1.48. The topological polar surface area (TPSA) is 46.5 Å². The van der Waals surface area contributed by atoms with Gasteiger partial charge in [0.25, 0.3) is 5.91 Å². The molecule has 5 rings (SSSR count). The zero-order valence-electron chi connectivity index (χ0n) is 16.4. The second-order valence-corrected chi connectivity index (χ2v) is 8.60. The van der Waals surface area contributed by atoms with Crippen LogP contribution in [0.3, 0.4) is 0 Å². The molecule has 2 aromatic rings. The highest BCUT2D eigenvalue weighted by molar-refractivity contribution is 6.08. The summed E-state index contributed by atoms with van der Waals surface area (Å²) in [6.45, 7) is 2.37. The van der Waals surface area contributed by atoms with Gasteiger partial charge in [0, 0.05) is 41.3 Å².